The molecule has 200 valence electrons. The molecule has 4 aromatic rings. The molecule has 0 bridgehead atoms. The Kier molecular flexibility index (Phi) is 8.02. The molecule has 1 N–H and O–H groups in total. The van der Waals surface area contributed by atoms with Crippen LogP contribution in [0.15, 0.2) is 108 Å². The van der Waals surface area contributed by atoms with E-state index < -0.39 is 10.0 Å². The van der Waals surface area contributed by atoms with Gasteiger partial charge >= 0.3 is 0 Å². The summed E-state index contributed by atoms with van der Waals surface area (Å²) in [6, 6.07) is 32.1. The number of sulfonamides is 1. The van der Waals surface area contributed by atoms with E-state index in [1.165, 1.54) is 17.2 Å². The average molecular weight is 560 g/mol. The maximum absolute atomic E-state index is 13.5. The molecule has 39 heavy (non-hydrogen) atoms. The zero-order valence-corrected chi connectivity index (χ0v) is 23.2. The number of anilines is 1. The fourth-order valence-corrected chi connectivity index (χ4v) is 6.17. The van der Waals surface area contributed by atoms with Crippen molar-refractivity contribution in [2.45, 2.75) is 17.9 Å². The number of benzene rings is 4. The number of amides is 1. The number of aryl methyl sites for hydroxylation is 1. The van der Waals surface area contributed by atoms with E-state index in [-0.39, 0.29) is 33.1 Å². The van der Waals surface area contributed by atoms with Crippen molar-refractivity contribution in [2.75, 3.05) is 30.9 Å². The lowest BCUT2D eigenvalue weighted by molar-refractivity contribution is 0.0597. The van der Waals surface area contributed by atoms with Crippen LogP contribution in [0.4, 0.5) is 5.69 Å². The third-order valence-electron chi connectivity index (χ3n) is 6.98. The van der Waals surface area contributed by atoms with Gasteiger partial charge in [0.15, 0.2) is 0 Å². The number of halogens is 1. The normalized spacial score (nSPS) is 14.4. The maximum Gasteiger partial charge on any atom is 0.261 e. The lowest BCUT2D eigenvalue weighted by Gasteiger charge is -2.40. The van der Waals surface area contributed by atoms with Gasteiger partial charge in [0.1, 0.15) is 0 Å². The van der Waals surface area contributed by atoms with Crippen LogP contribution in [0.1, 0.15) is 33.1 Å². The van der Waals surface area contributed by atoms with E-state index in [1.54, 1.807) is 41.3 Å². The van der Waals surface area contributed by atoms with Gasteiger partial charge in [0.05, 0.1) is 21.5 Å². The molecule has 6 nitrogen and oxygen atoms in total. The average Bonchev–Trinajstić information content (AvgIpc) is 2.95. The van der Waals surface area contributed by atoms with Crippen LogP contribution in [0.3, 0.4) is 0 Å². The number of rotatable bonds is 7. The van der Waals surface area contributed by atoms with Crippen molar-refractivity contribution in [1.29, 1.82) is 0 Å². The summed E-state index contributed by atoms with van der Waals surface area (Å²) in [7, 11) is -3.80. The van der Waals surface area contributed by atoms with Gasteiger partial charge in [-0.1, -0.05) is 90.0 Å². The van der Waals surface area contributed by atoms with Gasteiger partial charge in [0.25, 0.3) is 15.9 Å². The first kappa shape index (κ1) is 26.9. The van der Waals surface area contributed by atoms with Crippen molar-refractivity contribution < 1.29 is 13.2 Å². The van der Waals surface area contributed by atoms with Crippen molar-refractivity contribution in [3.8, 4) is 0 Å². The number of carbonyl (C=O) groups excluding carboxylic acids is 1. The molecule has 0 aromatic heterocycles. The standard InChI is InChI=1S/C31H30ClN3O3S/c1-23-12-15-27(16-13-23)39(37,38)33-26-14-17-29(32)28(22-26)31(36)35-20-18-34(19-21-35)30(24-8-4-2-5-9-24)25-10-6-3-7-11-25/h2-17,22,30,33H,18-21H2,1H3. The highest BCUT2D eigenvalue weighted by Gasteiger charge is 2.29. The molecule has 0 atom stereocenters. The summed E-state index contributed by atoms with van der Waals surface area (Å²) in [6.07, 6.45) is 0. The van der Waals surface area contributed by atoms with Crippen LogP contribution in [0.25, 0.3) is 0 Å². The van der Waals surface area contributed by atoms with Gasteiger partial charge in [-0.15, -0.1) is 0 Å². The van der Waals surface area contributed by atoms with Gasteiger partial charge in [0.2, 0.25) is 0 Å². The molecule has 0 spiro atoms. The molecule has 1 fully saturated rings. The van der Waals surface area contributed by atoms with Crippen LogP contribution in [0.5, 0.6) is 0 Å². The third-order valence-corrected chi connectivity index (χ3v) is 8.70. The second-order valence-electron chi connectivity index (χ2n) is 9.67. The molecule has 1 aliphatic rings. The number of carbonyl (C=O) groups is 1. The predicted molar refractivity (Wildman–Crippen MR) is 156 cm³/mol. The Hall–Kier alpha value is -3.65. The van der Waals surface area contributed by atoms with E-state index in [2.05, 4.69) is 33.9 Å². The Morgan fingerprint density at radius 1 is 0.795 bits per heavy atom. The predicted octanol–water partition coefficient (Wildman–Crippen LogP) is 6.00. The first-order valence-electron chi connectivity index (χ1n) is 12.8. The number of nitrogens with one attached hydrogen (secondary N) is 1. The second-order valence-corrected chi connectivity index (χ2v) is 11.8. The lowest BCUT2D eigenvalue weighted by atomic mass is 9.96. The zero-order chi connectivity index (χ0) is 27.4. The van der Waals surface area contributed by atoms with Gasteiger partial charge < -0.3 is 4.90 Å². The first-order valence-corrected chi connectivity index (χ1v) is 14.7. The number of piperazine rings is 1. The summed E-state index contributed by atoms with van der Waals surface area (Å²) in [4.78, 5) is 17.8. The van der Waals surface area contributed by atoms with Crippen molar-refractivity contribution in [2.24, 2.45) is 0 Å². The Labute approximate surface area is 234 Å². The van der Waals surface area contributed by atoms with Crippen molar-refractivity contribution in [3.63, 3.8) is 0 Å². The van der Waals surface area contributed by atoms with Gasteiger partial charge in [-0.2, -0.15) is 0 Å². The Morgan fingerprint density at radius 2 is 1.36 bits per heavy atom. The van der Waals surface area contributed by atoms with Crippen LogP contribution < -0.4 is 4.72 Å². The molecule has 0 saturated carbocycles. The second kappa shape index (κ2) is 11.6. The molecule has 0 radical (unpaired) electrons. The van der Waals surface area contributed by atoms with E-state index in [4.69, 9.17) is 11.6 Å². The van der Waals surface area contributed by atoms with Gasteiger partial charge in [-0.05, 0) is 48.4 Å². The van der Waals surface area contributed by atoms with Gasteiger partial charge in [-0.25, -0.2) is 8.42 Å². The van der Waals surface area contributed by atoms with Crippen molar-refractivity contribution in [3.05, 3.63) is 130 Å². The molecule has 1 amide bonds. The number of hydrogen-bond acceptors (Lipinski definition) is 4. The molecule has 1 aliphatic heterocycles. The smallest absolute Gasteiger partial charge is 0.261 e. The lowest BCUT2D eigenvalue weighted by Crippen LogP contribution is -2.49. The summed E-state index contributed by atoms with van der Waals surface area (Å²) in [6.45, 7) is 4.34. The van der Waals surface area contributed by atoms with Gasteiger partial charge in [-0.3, -0.25) is 14.4 Å². The number of nitrogens with zero attached hydrogens (tertiary/aromatic N) is 2. The maximum atomic E-state index is 13.5. The summed E-state index contributed by atoms with van der Waals surface area (Å²) in [5.74, 6) is -0.216. The summed E-state index contributed by atoms with van der Waals surface area (Å²) in [5, 5.41) is 0.284. The molecule has 8 heteroatoms. The molecular formula is C31H30ClN3O3S. The molecular weight excluding hydrogens is 530 g/mol. The van der Waals surface area contributed by atoms with E-state index in [9.17, 15) is 13.2 Å². The quantitative estimate of drug-likeness (QED) is 0.302. The van der Waals surface area contributed by atoms with Crippen LogP contribution in [0.2, 0.25) is 5.02 Å². The Balaban J connectivity index is 1.31. The van der Waals surface area contributed by atoms with E-state index >= 15 is 0 Å². The molecule has 5 rings (SSSR count). The molecule has 0 unspecified atom stereocenters. The summed E-state index contributed by atoms with van der Waals surface area (Å²) in [5.41, 5.74) is 3.94. The SMILES string of the molecule is Cc1ccc(S(=O)(=O)Nc2ccc(Cl)c(C(=O)N3CCN(C(c4ccccc4)c4ccccc4)CC3)c2)cc1. The minimum absolute atomic E-state index is 0.0905. The topological polar surface area (TPSA) is 69.7 Å². The largest absolute Gasteiger partial charge is 0.336 e. The van der Waals surface area contributed by atoms with Crippen LogP contribution >= 0.6 is 11.6 Å². The van der Waals surface area contributed by atoms with Crippen LogP contribution in [0, 0.1) is 6.92 Å². The third kappa shape index (κ3) is 6.17. The molecule has 0 aliphatic carbocycles. The van der Waals surface area contributed by atoms with Gasteiger partial charge in [0, 0.05) is 31.9 Å². The van der Waals surface area contributed by atoms with Crippen molar-refractivity contribution >= 4 is 33.2 Å². The van der Waals surface area contributed by atoms with E-state index in [0.29, 0.717) is 26.2 Å². The van der Waals surface area contributed by atoms with E-state index in [1.807, 2.05) is 43.3 Å². The zero-order valence-electron chi connectivity index (χ0n) is 21.6. The number of hydrogen-bond donors (Lipinski definition) is 1. The monoisotopic (exact) mass is 559 g/mol. The minimum Gasteiger partial charge on any atom is -0.336 e. The molecule has 4 aromatic carbocycles. The Bertz CT molecular complexity index is 1500. The molecule has 1 heterocycles. The van der Waals surface area contributed by atoms with E-state index in [0.717, 1.165) is 5.56 Å². The fraction of sp³-hybridized carbons (Fsp3) is 0.194. The highest BCUT2D eigenvalue weighted by molar-refractivity contribution is 7.92. The summed E-state index contributed by atoms with van der Waals surface area (Å²) >= 11 is 6.42. The highest BCUT2D eigenvalue weighted by Crippen LogP contribution is 2.30. The minimum atomic E-state index is -3.80. The molecule has 1 saturated heterocycles. The van der Waals surface area contributed by atoms with Crippen LogP contribution in [-0.4, -0.2) is 50.3 Å². The van der Waals surface area contributed by atoms with Crippen molar-refractivity contribution in [1.82, 2.24) is 9.80 Å². The first-order chi connectivity index (χ1) is 18.8. The highest BCUT2D eigenvalue weighted by atomic mass is 35.5. The van der Waals surface area contributed by atoms with Crippen LogP contribution in [-0.2, 0) is 10.0 Å². The fourth-order valence-electron chi connectivity index (χ4n) is 4.92. The Morgan fingerprint density at radius 3 is 1.92 bits per heavy atom. The summed E-state index contributed by atoms with van der Waals surface area (Å²) < 4.78 is 28.3.